The number of carbonyl (C=O) groups excluding carboxylic acids is 1. The van der Waals surface area contributed by atoms with Crippen LogP contribution < -0.4 is 5.32 Å². The molecule has 2 atom stereocenters. The summed E-state index contributed by atoms with van der Waals surface area (Å²) in [6, 6.07) is 0. The summed E-state index contributed by atoms with van der Waals surface area (Å²) < 4.78 is 5.61. The maximum Gasteiger partial charge on any atom is 0.252 e. The van der Waals surface area contributed by atoms with Crippen LogP contribution in [0.4, 0.5) is 5.13 Å². The molecule has 0 aliphatic heterocycles. The first-order valence-corrected chi connectivity index (χ1v) is 6.79. The van der Waals surface area contributed by atoms with E-state index < -0.39 is 0 Å². The molecule has 0 spiro atoms. The molecule has 1 aromatic rings. The minimum atomic E-state index is -0.153. The van der Waals surface area contributed by atoms with E-state index in [1.807, 2.05) is 0 Å². The Morgan fingerprint density at radius 3 is 3.24 bits per heavy atom. The Hall–Kier alpha value is -1.01. The molecule has 5 nitrogen and oxygen atoms in total. The second kappa shape index (κ2) is 6.07. The summed E-state index contributed by atoms with van der Waals surface area (Å²) in [5.74, 6) is 0.556. The lowest BCUT2D eigenvalue weighted by Crippen LogP contribution is -2.26. The Morgan fingerprint density at radius 1 is 1.65 bits per heavy atom. The lowest BCUT2D eigenvalue weighted by atomic mass is 9.89. The van der Waals surface area contributed by atoms with Crippen LogP contribution in [0.2, 0.25) is 0 Å². The van der Waals surface area contributed by atoms with Crippen molar-refractivity contribution < 1.29 is 9.53 Å². The van der Waals surface area contributed by atoms with Crippen LogP contribution in [0.1, 0.15) is 32.6 Å². The first-order chi connectivity index (χ1) is 8.24. The highest BCUT2D eigenvalue weighted by molar-refractivity contribution is 7.13. The van der Waals surface area contributed by atoms with E-state index in [4.69, 9.17) is 4.74 Å². The maximum atomic E-state index is 11.5. The summed E-state index contributed by atoms with van der Waals surface area (Å²) in [5, 5.41) is 10.6. The number of amides is 1. The van der Waals surface area contributed by atoms with Crippen LogP contribution in [0, 0.1) is 5.92 Å². The van der Waals surface area contributed by atoms with Gasteiger partial charge in [0.1, 0.15) is 12.1 Å². The lowest BCUT2D eigenvalue weighted by Gasteiger charge is -2.26. The van der Waals surface area contributed by atoms with Gasteiger partial charge in [0.05, 0.1) is 6.10 Å². The molecular weight excluding hydrogens is 238 g/mol. The van der Waals surface area contributed by atoms with Crippen molar-refractivity contribution in [2.45, 2.75) is 38.7 Å². The largest absolute Gasteiger partial charge is 0.368 e. The van der Waals surface area contributed by atoms with Gasteiger partial charge in [-0.3, -0.25) is 10.1 Å². The Balaban J connectivity index is 1.69. The predicted octanol–water partition coefficient (Wildman–Crippen LogP) is 2.07. The molecule has 0 bridgehead atoms. The summed E-state index contributed by atoms with van der Waals surface area (Å²) in [4.78, 5) is 11.5. The lowest BCUT2D eigenvalue weighted by molar-refractivity contribution is -0.123. The highest BCUT2D eigenvalue weighted by Gasteiger charge is 2.20. The number of carbonyl (C=O) groups is 1. The van der Waals surface area contributed by atoms with Crippen molar-refractivity contribution in [3.8, 4) is 0 Å². The van der Waals surface area contributed by atoms with Crippen LogP contribution in [-0.2, 0) is 9.53 Å². The van der Waals surface area contributed by atoms with Crippen molar-refractivity contribution in [2.24, 2.45) is 5.92 Å². The number of nitrogens with zero attached hydrogens (tertiary/aromatic N) is 2. The number of hydrogen-bond acceptors (Lipinski definition) is 5. The van der Waals surface area contributed by atoms with Gasteiger partial charge in [-0.2, -0.15) is 0 Å². The molecule has 1 amide bonds. The number of nitrogens with one attached hydrogen (secondary N) is 1. The molecular formula is C11H17N3O2S. The molecule has 1 aliphatic carbocycles. The average molecular weight is 255 g/mol. The van der Waals surface area contributed by atoms with Gasteiger partial charge < -0.3 is 4.74 Å². The minimum Gasteiger partial charge on any atom is -0.368 e. The van der Waals surface area contributed by atoms with Gasteiger partial charge in [-0.15, -0.1) is 10.2 Å². The molecule has 1 aliphatic rings. The molecule has 6 heteroatoms. The normalized spacial score (nSPS) is 24.5. The van der Waals surface area contributed by atoms with Crippen molar-refractivity contribution in [3.63, 3.8) is 0 Å². The third kappa shape index (κ3) is 4.05. The van der Waals surface area contributed by atoms with Crippen LogP contribution >= 0.6 is 11.3 Å². The third-order valence-corrected chi connectivity index (χ3v) is 3.55. The molecule has 0 radical (unpaired) electrons. The van der Waals surface area contributed by atoms with E-state index in [0.717, 1.165) is 12.8 Å². The van der Waals surface area contributed by atoms with E-state index in [-0.39, 0.29) is 18.6 Å². The van der Waals surface area contributed by atoms with Gasteiger partial charge in [0.15, 0.2) is 0 Å². The Labute approximate surface area is 105 Å². The Kier molecular flexibility index (Phi) is 4.44. The fourth-order valence-corrected chi connectivity index (χ4v) is 2.57. The number of aromatic nitrogens is 2. The topological polar surface area (TPSA) is 64.1 Å². The van der Waals surface area contributed by atoms with E-state index in [0.29, 0.717) is 11.0 Å². The maximum absolute atomic E-state index is 11.5. The van der Waals surface area contributed by atoms with Crippen molar-refractivity contribution in [1.29, 1.82) is 0 Å². The first kappa shape index (κ1) is 12.4. The van der Waals surface area contributed by atoms with Crippen molar-refractivity contribution in [2.75, 3.05) is 11.9 Å². The zero-order valence-electron chi connectivity index (χ0n) is 9.89. The quantitative estimate of drug-likeness (QED) is 0.894. The van der Waals surface area contributed by atoms with Gasteiger partial charge in [0.2, 0.25) is 5.13 Å². The van der Waals surface area contributed by atoms with Crippen LogP contribution in [0.5, 0.6) is 0 Å². The smallest absolute Gasteiger partial charge is 0.252 e. The van der Waals surface area contributed by atoms with Gasteiger partial charge in [0, 0.05) is 0 Å². The zero-order chi connectivity index (χ0) is 12.1. The van der Waals surface area contributed by atoms with E-state index in [1.165, 1.54) is 24.2 Å². The molecule has 1 heterocycles. The third-order valence-electron chi connectivity index (χ3n) is 2.94. The molecule has 1 fully saturated rings. The van der Waals surface area contributed by atoms with Crippen LogP contribution in [0.25, 0.3) is 0 Å². The van der Waals surface area contributed by atoms with E-state index in [9.17, 15) is 4.79 Å². The fraction of sp³-hybridized carbons (Fsp3) is 0.727. The van der Waals surface area contributed by atoms with E-state index >= 15 is 0 Å². The summed E-state index contributed by atoms with van der Waals surface area (Å²) in [5.41, 5.74) is 1.58. The van der Waals surface area contributed by atoms with Gasteiger partial charge in [-0.05, 0) is 18.8 Å². The summed E-state index contributed by atoms with van der Waals surface area (Å²) in [7, 11) is 0. The highest BCUT2D eigenvalue weighted by Crippen LogP contribution is 2.25. The molecule has 2 rings (SSSR count). The van der Waals surface area contributed by atoms with Crippen LogP contribution in [0.3, 0.4) is 0 Å². The summed E-state index contributed by atoms with van der Waals surface area (Å²) in [6.45, 7) is 2.34. The predicted molar refractivity (Wildman–Crippen MR) is 65.9 cm³/mol. The number of rotatable bonds is 4. The molecule has 1 N–H and O–H groups in total. The monoisotopic (exact) mass is 255 g/mol. The Morgan fingerprint density at radius 2 is 2.53 bits per heavy atom. The average Bonchev–Trinajstić information content (AvgIpc) is 2.79. The SMILES string of the molecule is C[C@H]1CCC[C@@H](OCC(=O)Nc2nncs2)C1. The van der Waals surface area contributed by atoms with Crippen molar-refractivity contribution in [1.82, 2.24) is 10.2 Å². The molecule has 1 aromatic heterocycles. The highest BCUT2D eigenvalue weighted by atomic mass is 32.1. The van der Waals surface area contributed by atoms with Gasteiger partial charge in [-0.25, -0.2) is 0 Å². The molecule has 1 saturated carbocycles. The standard InChI is InChI=1S/C11H17N3O2S/c1-8-3-2-4-9(5-8)16-6-10(15)13-11-14-12-7-17-11/h7-9H,2-6H2,1H3,(H,13,14,15)/t8-,9+/m0/s1. The number of anilines is 1. The summed E-state index contributed by atoms with van der Waals surface area (Å²) >= 11 is 1.30. The zero-order valence-corrected chi connectivity index (χ0v) is 10.7. The van der Waals surface area contributed by atoms with Crippen molar-refractivity contribution >= 4 is 22.4 Å². The number of hydrogen-bond donors (Lipinski definition) is 1. The molecule has 17 heavy (non-hydrogen) atoms. The second-order valence-electron chi connectivity index (χ2n) is 4.50. The second-order valence-corrected chi connectivity index (χ2v) is 5.33. The summed E-state index contributed by atoms with van der Waals surface area (Å²) in [6.07, 6.45) is 4.84. The van der Waals surface area contributed by atoms with Gasteiger partial charge >= 0.3 is 0 Å². The van der Waals surface area contributed by atoms with E-state index in [1.54, 1.807) is 5.51 Å². The Bertz CT molecular complexity index is 356. The first-order valence-electron chi connectivity index (χ1n) is 5.91. The van der Waals surface area contributed by atoms with Crippen molar-refractivity contribution in [3.05, 3.63) is 5.51 Å². The van der Waals surface area contributed by atoms with Gasteiger partial charge in [0.25, 0.3) is 5.91 Å². The molecule has 94 valence electrons. The molecule has 0 unspecified atom stereocenters. The fourth-order valence-electron chi connectivity index (χ4n) is 2.11. The van der Waals surface area contributed by atoms with Crippen LogP contribution in [-0.4, -0.2) is 28.8 Å². The van der Waals surface area contributed by atoms with Crippen LogP contribution in [0.15, 0.2) is 5.51 Å². The molecule has 0 saturated heterocycles. The van der Waals surface area contributed by atoms with E-state index in [2.05, 4.69) is 22.4 Å². The minimum absolute atomic E-state index is 0.108. The van der Waals surface area contributed by atoms with Gasteiger partial charge in [-0.1, -0.05) is 31.1 Å². The number of ether oxygens (including phenoxy) is 1. The molecule has 0 aromatic carbocycles.